The summed E-state index contributed by atoms with van der Waals surface area (Å²) in [6.07, 6.45) is -4.56. The number of hydrogen-bond acceptors (Lipinski definition) is 6. The van der Waals surface area contributed by atoms with Crippen molar-refractivity contribution in [2.75, 3.05) is 13.2 Å². The molecule has 3 N–H and O–H groups in total. The Kier molecular flexibility index (Phi) is 10.2. The lowest BCUT2D eigenvalue weighted by Gasteiger charge is -2.31. The molecule has 234 valence electrons. The summed E-state index contributed by atoms with van der Waals surface area (Å²) in [5.41, 5.74) is 6.17. The monoisotopic (exact) mass is 681 g/mol. The molecule has 7 nitrogen and oxygen atoms in total. The maximum absolute atomic E-state index is 14.3. The van der Waals surface area contributed by atoms with Crippen LogP contribution in [-0.2, 0) is 28.7 Å². The van der Waals surface area contributed by atoms with Crippen molar-refractivity contribution in [1.82, 2.24) is 10.9 Å². The summed E-state index contributed by atoms with van der Waals surface area (Å²) in [4.78, 5) is 19.2. The maximum atomic E-state index is 14.3. The van der Waals surface area contributed by atoms with Gasteiger partial charge in [0.1, 0.15) is 5.75 Å². The third kappa shape index (κ3) is 7.73. The van der Waals surface area contributed by atoms with Gasteiger partial charge in [0.25, 0.3) is 5.91 Å². The molecule has 1 amide bonds. The standard InChI is InChI=1S/C34H31BrF3N3O4/c35-29-10-5-4-9-26(29)21-33(32(43)41-39-22-23-11-15-27(16-12-23)34(36,37)38)30(24-7-2-1-3-8-24)45-31(40-33)25-13-17-28(18-14-25)44-20-6-19-42/h1-5,7-18,30,39,42H,6,19-22H2,(H,41,43)/t30-,33-/m0/s1. The molecule has 0 bridgehead atoms. The number of ether oxygens (including phenoxy) is 2. The predicted octanol–water partition coefficient (Wildman–Crippen LogP) is 6.55. The molecule has 11 heteroatoms. The van der Waals surface area contributed by atoms with Crippen molar-refractivity contribution >= 4 is 27.7 Å². The minimum Gasteiger partial charge on any atom is -0.494 e. The highest BCUT2D eigenvalue weighted by Crippen LogP contribution is 2.43. The smallest absolute Gasteiger partial charge is 0.416 e. The number of hydrazine groups is 1. The Morgan fingerprint density at radius 1 is 0.956 bits per heavy atom. The first-order chi connectivity index (χ1) is 21.7. The zero-order valence-corrected chi connectivity index (χ0v) is 25.6. The van der Waals surface area contributed by atoms with Gasteiger partial charge in [-0.1, -0.05) is 76.6 Å². The number of carbonyl (C=O) groups excluding carboxylic acids is 1. The van der Waals surface area contributed by atoms with Crippen molar-refractivity contribution in [3.8, 4) is 5.75 Å². The van der Waals surface area contributed by atoms with E-state index in [2.05, 4.69) is 26.8 Å². The van der Waals surface area contributed by atoms with Gasteiger partial charge in [-0.25, -0.2) is 10.4 Å². The van der Waals surface area contributed by atoms with E-state index >= 15 is 0 Å². The second-order valence-electron chi connectivity index (χ2n) is 10.5. The second kappa shape index (κ2) is 14.3. The number of amides is 1. The Morgan fingerprint density at radius 2 is 1.64 bits per heavy atom. The number of rotatable bonds is 12. The summed E-state index contributed by atoms with van der Waals surface area (Å²) in [5, 5.41) is 9.03. The Bertz CT molecular complexity index is 1620. The van der Waals surface area contributed by atoms with E-state index in [9.17, 15) is 18.0 Å². The average Bonchev–Trinajstić information content (AvgIpc) is 3.43. The lowest BCUT2D eigenvalue weighted by molar-refractivity contribution is -0.137. The summed E-state index contributed by atoms with van der Waals surface area (Å²) >= 11 is 3.60. The Hall–Kier alpha value is -4.19. The minimum atomic E-state index is -4.43. The van der Waals surface area contributed by atoms with Gasteiger partial charge in [0.2, 0.25) is 5.90 Å². The molecular weight excluding hydrogens is 651 g/mol. The van der Waals surface area contributed by atoms with Gasteiger partial charge in [-0.3, -0.25) is 10.2 Å². The first kappa shape index (κ1) is 32.2. The van der Waals surface area contributed by atoms with Crippen LogP contribution < -0.4 is 15.6 Å². The highest BCUT2D eigenvalue weighted by atomic mass is 79.9. The van der Waals surface area contributed by atoms with E-state index in [1.165, 1.54) is 12.1 Å². The van der Waals surface area contributed by atoms with Gasteiger partial charge in [-0.15, -0.1) is 0 Å². The zero-order valence-electron chi connectivity index (χ0n) is 24.1. The van der Waals surface area contributed by atoms with Crippen LogP contribution in [0.15, 0.2) is 113 Å². The normalized spacial score (nSPS) is 17.8. The van der Waals surface area contributed by atoms with Crippen molar-refractivity contribution in [1.29, 1.82) is 0 Å². The number of nitrogens with zero attached hydrogens (tertiary/aromatic N) is 1. The van der Waals surface area contributed by atoms with E-state index in [4.69, 9.17) is 19.6 Å². The van der Waals surface area contributed by atoms with Crippen LogP contribution in [0.3, 0.4) is 0 Å². The molecule has 0 aliphatic carbocycles. The SMILES string of the molecule is O=C(NNCc1ccc(C(F)(F)F)cc1)[C@@]1(Cc2ccccc2Br)N=C(c2ccc(OCCCO)cc2)O[C@H]1c1ccccc1. The molecule has 0 radical (unpaired) electrons. The minimum absolute atomic E-state index is 0.0322. The summed E-state index contributed by atoms with van der Waals surface area (Å²) in [6, 6.07) is 28.8. The molecule has 0 spiro atoms. The van der Waals surface area contributed by atoms with Crippen LogP contribution in [-0.4, -0.2) is 35.7 Å². The number of carbonyl (C=O) groups is 1. The summed E-state index contributed by atoms with van der Waals surface area (Å²) in [5.74, 6) is 0.420. The summed E-state index contributed by atoms with van der Waals surface area (Å²) in [6.45, 7) is 0.489. The van der Waals surface area contributed by atoms with Gasteiger partial charge in [-0.2, -0.15) is 13.2 Å². The number of nitrogens with one attached hydrogen (secondary N) is 2. The van der Waals surface area contributed by atoms with Crippen LogP contribution in [0.5, 0.6) is 5.75 Å². The topological polar surface area (TPSA) is 92.2 Å². The fraction of sp³-hybridized carbons (Fsp3) is 0.235. The van der Waals surface area contributed by atoms with Crippen LogP contribution >= 0.6 is 15.9 Å². The highest BCUT2D eigenvalue weighted by molar-refractivity contribution is 9.10. The molecule has 4 aromatic rings. The number of aliphatic imine (C=N–C) groups is 1. The Morgan fingerprint density at radius 3 is 2.31 bits per heavy atom. The lowest BCUT2D eigenvalue weighted by Crippen LogP contribution is -2.53. The lowest BCUT2D eigenvalue weighted by atomic mass is 9.82. The maximum Gasteiger partial charge on any atom is 0.416 e. The van der Waals surface area contributed by atoms with Gasteiger partial charge < -0.3 is 14.6 Å². The van der Waals surface area contributed by atoms with E-state index in [0.29, 0.717) is 29.9 Å². The summed E-state index contributed by atoms with van der Waals surface area (Å²) < 4.78 is 51.9. The van der Waals surface area contributed by atoms with Gasteiger partial charge in [0.15, 0.2) is 11.6 Å². The van der Waals surface area contributed by atoms with E-state index in [-0.39, 0.29) is 25.5 Å². The number of halogens is 4. The van der Waals surface area contributed by atoms with E-state index in [0.717, 1.165) is 27.7 Å². The van der Waals surface area contributed by atoms with Gasteiger partial charge in [0.05, 0.1) is 12.2 Å². The number of alkyl halides is 3. The molecule has 4 aromatic carbocycles. The predicted molar refractivity (Wildman–Crippen MR) is 167 cm³/mol. The van der Waals surface area contributed by atoms with Crippen molar-refractivity contribution in [2.24, 2.45) is 4.99 Å². The molecule has 0 unspecified atom stereocenters. The fourth-order valence-corrected chi connectivity index (χ4v) is 5.41. The molecule has 45 heavy (non-hydrogen) atoms. The Labute approximate surface area is 267 Å². The summed E-state index contributed by atoms with van der Waals surface area (Å²) in [7, 11) is 0. The molecule has 5 rings (SSSR count). The van der Waals surface area contributed by atoms with E-state index in [1.54, 1.807) is 24.3 Å². The molecule has 0 saturated heterocycles. The van der Waals surface area contributed by atoms with Crippen LogP contribution in [0.1, 0.15) is 40.3 Å². The zero-order chi connectivity index (χ0) is 31.9. The second-order valence-corrected chi connectivity index (χ2v) is 11.3. The largest absolute Gasteiger partial charge is 0.494 e. The van der Waals surface area contributed by atoms with Crippen LogP contribution in [0.25, 0.3) is 0 Å². The highest BCUT2D eigenvalue weighted by Gasteiger charge is 2.53. The van der Waals surface area contributed by atoms with Gasteiger partial charge in [-0.05, 0) is 59.2 Å². The van der Waals surface area contributed by atoms with Crippen molar-refractivity contribution in [3.63, 3.8) is 0 Å². The van der Waals surface area contributed by atoms with Crippen molar-refractivity contribution in [3.05, 3.63) is 135 Å². The number of benzene rings is 4. The van der Waals surface area contributed by atoms with Gasteiger partial charge in [0, 0.05) is 36.0 Å². The molecule has 0 saturated carbocycles. The third-order valence-corrected chi connectivity index (χ3v) is 8.10. The average molecular weight is 683 g/mol. The Balaban J connectivity index is 1.47. The van der Waals surface area contributed by atoms with Crippen molar-refractivity contribution in [2.45, 2.75) is 37.2 Å². The first-order valence-corrected chi connectivity index (χ1v) is 15.1. The van der Waals surface area contributed by atoms with E-state index < -0.39 is 29.3 Å². The first-order valence-electron chi connectivity index (χ1n) is 14.3. The number of aliphatic hydroxyl groups is 1. The molecule has 1 aliphatic rings. The molecule has 1 heterocycles. The third-order valence-electron chi connectivity index (χ3n) is 7.33. The molecular formula is C34H31BrF3N3O4. The molecule has 0 aromatic heterocycles. The van der Waals surface area contributed by atoms with Crippen LogP contribution in [0, 0.1) is 0 Å². The van der Waals surface area contributed by atoms with E-state index in [1.807, 2.05) is 54.6 Å². The quantitative estimate of drug-likeness (QED) is 0.117. The van der Waals surface area contributed by atoms with Crippen LogP contribution in [0.4, 0.5) is 13.2 Å². The van der Waals surface area contributed by atoms with Crippen LogP contribution in [0.2, 0.25) is 0 Å². The molecule has 2 atom stereocenters. The fourth-order valence-electron chi connectivity index (χ4n) is 4.99. The number of hydrogen-bond donors (Lipinski definition) is 3. The number of aliphatic hydroxyl groups excluding tert-OH is 1. The molecule has 1 aliphatic heterocycles. The van der Waals surface area contributed by atoms with Gasteiger partial charge >= 0.3 is 6.18 Å². The molecule has 0 fully saturated rings. The van der Waals surface area contributed by atoms with Crippen molar-refractivity contribution < 1.29 is 32.5 Å².